The molecule has 2 aromatic rings. The summed E-state index contributed by atoms with van der Waals surface area (Å²) in [6.07, 6.45) is 4.81. The first-order valence-corrected chi connectivity index (χ1v) is 8.89. The fourth-order valence-corrected chi connectivity index (χ4v) is 4.27. The maximum Gasteiger partial charge on any atom is 0.243 e. The number of hydrogen-bond donors (Lipinski definition) is 1. The predicted molar refractivity (Wildman–Crippen MR) is 84.2 cm³/mol. The monoisotopic (exact) mass is 338 g/mol. The van der Waals surface area contributed by atoms with E-state index in [1.54, 1.807) is 12.4 Å². The Morgan fingerprint density at radius 2 is 2.17 bits per heavy atom. The summed E-state index contributed by atoms with van der Waals surface area (Å²) in [5, 5.41) is 4.04. The third kappa shape index (κ3) is 3.15. The fraction of sp³-hybridized carbons (Fsp3) is 0.400. The van der Waals surface area contributed by atoms with Crippen molar-refractivity contribution in [1.29, 1.82) is 0 Å². The Hall–Kier alpha value is -1.77. The van der Waals surface area contributed by atoms with Crippen LogP contribution in [0, 0.1) is 12.7 Å². The molecule has 1 saturated heterocycles. The van der Waals surface area contributed by atoms with Crippen LogP contribution in [0.4, 0.5) is 4.39 Å². The van der Waals surface area contributed by atoms with E-state index < -0.39 is 15.8 Å². The molecule has 0 amide bonds. The summed E-state index contributed by atoms with van der Waals surface area (Å²) >= 11 is 0. The Morgan fingerprint density at radius 3 is 2.78 bits per heavy atom. The first-order valence-electron chi connectivity index (χ1n) is 7.45. The molecule has 1 aromatic heterocycles. The zero-order valence-electron chi connectivity index (χ0n) is 12.8. The van der Waals surface area contributed by atoms with Gasteiger partial charge in [-0.1, -0.05) is 0 Å². The third-order valence-corrected chi connectivity index (χ3v) is 5.80. The van der Waals surface area contributed by atoms with Crippen LogP contribution in [-0.2, 0) is 10.0 Å². The van der Waals surface area contributed by atoms with Crippen LogP contribution >= 0.6 is 0 Å². The van der Waals surface area contributed by atoms with Crippen LogP contribution in [-0.4, -0.2) is 41.6 Å². The highest BCUT2D eigenvalue weighted by atomic mass is 32.2. The molecule has 1 fully saturated rings. The quantitative estimate of drug-likeness (QED) is 0.918. The highest BCUT2D eigenvalue weighted by molar-refractivity contribution is 7.89. The Balaban J connectivity index is 1.93. The van der Waals surface area contributed by atoms with Crippen LogP contribution in [0.2, 0.25) is 0 Å². The van der Waals surface area contributed by atoms with E-state index in [0.29, 0.717) is 13.0 Å². The molecule has 2 heterocycles. The molecule has 1 aromatic carbocycles. The standard InChI is InChI=1S/C15H19FN4O2S/c1-11-8-18-20(9-11)15-5-4-13(7-14(15)16)23(21,22)19-6-2-3-12(17)10-19/h4-5,7-9,12H,2-3,6,10,17H2,1H3. The van der Waals surface area contributed by atoms with Crippen molar-refractivity contribution in [1.82, 2.24) is 14.1 Å². The van der Waals surface area contributed by atoms with Gasteiger partial charge in [-0.15, -0.1) is 0 Å². The van der Waals surface area contributed by atoms with Crippen LogP contribution in [0.3, 0.4) is 0 Å². The largest absolute Gasteiger partial charge is 0.327 e. The third-order valence-electron chi connectivity index (χ3n) is 3.94. The van der Waals surface area contributed by atoms with Crippen molar-refractivity contribution in [3.8, 4) is 5.69 Å². The second-order valence-corrected chi connectivity index (χ2v) is 7.78. The van der Waals surface area contributed by atoms with E-state index in [1.807, 2.05) is 6.92 Å². The maximum absolute atomic E-state index is 14.4. The summed E-state index contributed by atoms with van der Waals surface area (Å²) in [6, 6.07) is 3.71. The van der Waals surface area contributed by atoms with Gasteiger partial charge in [-0.3, -0.25) is 0 Å². The summed E-state index contributed by atoms with van der Waals surface area (Å²) in [6.45, 7) is 2.53. The van der Waals surface area contributed by atoms with Gasteiger partial charge in [0.05, 0.1) is 11.1 Å². The summed E-state index contributed by atoms with van der Waals surface area (Å²) in [5.74, 6) is -0.629. The van der Waals surface area contributed by atoms with Gasteiger partial charge < -0.3 is 5.73 Å². The average molecular weight is 338 g/mol. The number of rotatable bonds is 3. The zero-order valence-corrected chi connectivity index (χ0v) is 13.6. The normalized spacial score (nSPS) is 19.9. The lowest BCUT2D eigenvalue weighted by atomic mass is 10.1. The van der Waals surface area contributed by atoms with Crippen molar-refractivity contribution in [2.24, 2.45) is 5.73 Å². The van der Waals surface area contributed by atoms with E-state index in [2.05, 4.69) is 5.10 Å². The van der Waals surface area contributed by atoms with Crippen molar-refractivity contribution >= 4 is 10.0 Å². The van der Waals surface area contributed by atoms with Crippen LogP contribution in [0.5, 0.6) is 0 Å². The first kappa shape index (κ1) is 16.1. The fourth-order valence-electron chi connectivity index (χ4n) is 2.72. The number of aryl methyl sites for hydroxylation is 1. The van der Waals surface area contributed by atoms with Crippen molar-refractivity contribution in [3.63, 3.8) is 0 Å². The van der Waals surface area contributed by atoms with Gasteiger partial charge >= 0.3 is 0 Å². The van der Waals surface area contributed by atoms with Gasteiger partial charge in [-0.25, -0.2) is 17.5 Å². The summed E-state index contributed by atoms with van der Waals surface area (Å²) in [4.78, 5) is -0.0586. The summed E-state index contributed by atoms with van der Waals surface area (Å²) in [7, 11) is -3.73. The van der Waals surface area contributed by atoms with Gasteiger partial charge in [0.15, 0.2) is 0 Å². The number of hydrogen-bond acceptors (Lipinski definition) is 4. The molecule has 0 spiro atoms. The smallest absolute Gasteiger partial charge is 0.243 e. The summed E-state index contributed by atoms with van der Waals surface area (Å²) in [5.41, 5.74) is 6.95. The Labute approximate surface area is 134 Å². The molecule has 124 valence electrons. The van der Waals surface area contributed by atoms with Crippen LogP contribution < -0.4 is 5.73 Å². The number of sulfonamides is 1. The number of piperidine rings is 1. The second-order valence-electron chi connectivity index (χ2n) is 5.84. The molecule has 3 rings (SSSR count). The topological polar surface area (TPSA) is 81.2 Å². The molecule has 1 aliphatic rings. The minimum absolute atomic E-state index is 0.0586. The van der Waals surface area contributed by atoms with Crippen molar-refractivity contribution in [2.75, 3.05) is 13.1 Å². The number of nitrogens with two attached hydrogens (primary N) is 1. The zero-order chi connectivity index (χ0) is 16.6. The van der Waals surface area contributed by atoms with Crippen molar-refractivity contribution in [2.45, 2.75) is 30.7 Å². The van der Waals surface area contributed by atoms with Gasteiger partial charge in [0, 0.05) is 25.3 Å². The lowest BCUT2D eigenvalue weighted by molar-refractivity contribution is 0.316. The number of benzene rings is 1. The molecule has 6 nitrogen and oxygen atoms in total. The molecular weight excluding hydrogens is 319 g/mol. The maximum atomic E-state index is 14.4. The average Bonchev–Trinajstić information content (AvgIpc) is 2.93. The SMILES string of the molecule is Cc1cnn(-c2ccc(S(=O)(=O)N3CCCC(N)C3)cc2F)c1. The van der Waals surface area contributed by atoms with Gasteiger partial charge in [-0.05, 0) is 43.5 Å². The Morgan fingerprint density at radius 1 is 1.39 bits per heavy atom. The lowest BCUT2D eigenvalue weighted by Gasteiger charge is -2.29. The van der Waals surface area contributed by atoms with E-state index in [0.717, 1.165) is 18.1 Å². The molecule has 0 aliphatic carbocycles. The number of halogens is 1. The van der Waals surface area contributed by atoms with Gasteiger partial charge in [0.1, 0.15) is 11.5 Å². The molecule has 1 unspecified atom stereocenters. The minimum Gasteiger partial charge on any atom is -0.327 e. The van der Waals surface area contributed by atoms with Crippen LogP contribution in [0.15, 0.2) is 35.5 Å². The molecule has 0 bridgehead atoms. The van der Waals surface area contributed by atoms with E-state index in [9.17, 15) is 12.8 Å². The van der Waals surface area contributed by atoms with Gasteiger partial charge in [0.25, 0.3) is 0 Å². The first-order chi connectivity index (χ1) is 10.9. The molecule has 8 heteroatoms. The predicted octanol–water partition coefficient (Wildman–Crippen LogP) is 1.43. The molecule has 0 radical (unpaired) electrons. The molecule has 23 heavy (non-hydrogen) atoms. The van der Waals surface area contributed by atoms with Crippen LogP contribution in [0.1, 0.15) is 18.4 Å². The second kappa shape index (κ2) is 6.03. The van der Waals surface area contributed by atoms with Crippen molar-refractivity contribution < 1.29 is 12.8 Å². The molecule has 1 aliphatic heterocycles. The Kier molecular flexibility index (Phi) is 4.22. The van der Waals surface area contributed by atoms with Gasteiger partial charge in [-0.2, -0.15) is 9.40 Å². The number of aromatic nitrogens is 2. The molecule has 0 saturated carbocycles. The lowest BCUT2D eigenvalue weighted by Crippen LogP contribution is -2.45. The Bertz CT molecular complexity index is 819. The molecule has 1 atom stereocenters. The van der Waals surface area contributed by atoms with E-state index in [1.165, 1.54) is 21.1 Å². The summed E-state index contributed by atoms with van der Waals surface area (Å²) < 4.78 is 42.3. The highest BCUT2D eigenvalue weighted by Crippen LogP contribution is 2.23. The molecular formula is C15H19FN4O2S. The highest BCUT2D eigenvalue weighted by Gasteiger charge is 2.29. The van der Waals surface area contributed by atoms with E-state index in [4.69, 9.17) is 5.73 Å². The van der Waals surface area contributed by atoms with E-state index in [-0.39, 0.29) is 23.2 Å². The molecule has 2 N–H and O–H groups in total. The van der Waals surface area contributed by atoms with Gasteiger partial charge in [0.2, 0.25) is 10.0 Å². The van der Waals surface area contributed by atoms with Crippen molar-refractivity contribution in [3.05, 3.63) is 42.0 Å². The number of nitrogens with zero attached hydrogens (tertiary/aromatic N) is 3. The van der Waals surface area contributed by atoms with E-state index >= 15 is 0 Å². The minimum atomic E-state index is -3.73. The van der Waals surface area contributed by atoms with Crippen LogP contribution in [0.25, 0.3) is 5.69 Å².